The second kappa shape index (κ2) is 9.82. The Morgan fingerprint density at radius 1 is 0.875 bits per heavy atom. The lowest BCUT2D eigenvalue weighted by atomic mass is 9.99. The zero-order valence-electron chi connectivity index (χ0n) is 16.8. The minimum Gasteiger partial charge on any atom is -0.459 e. The van der Waals surface area contributed by atoms with E-state index in [9.17, 15) is 27.6 Å². The predicted molar refractivity (Wildman–Crippen MR) is 102 cm³/mol. The van der Waals surface area contributed by atoms with Gasteiger partial charge in [0.05, 0.1) is 11.1 Å². The van der Waals surface area contributed by atoms with Gasteiger partial charge in [0.1, 0.15) is 18.8 Å². The number of hydrogen-bond acceptors (Lipinski definition) is 7. The quantitative estimate of drug-likeness (QED) is 0.489. The first-order chi connectivity index (χ1) is 15.2. The molecule has 0 unspecified atom stereocenters. The minimum atomic E-state index is -4.94. The molecule has 32 heavy (non-hydrogen) atoms. The molecule has 1 heterocycles. The van der Waals surface area contributed by atoms with Crippen molar-refractivity contribution in [3.05, 3.63) is 71.8 Å². The topological polar surface area (TPSA) is 88.1 Å². The lowest BCUT2D eigenvalue weighted by Gasteiger charge is -2.25. The van der Waals surface area contributed by atoms with Crippen LogP contribution in [0.4, 0.5) is 13.2 Å². The summed E-state index contributed by atoms with van der Waals surface area (Å²) in [7, 11) is 0. The molecule has 1 aliphatic rings. The monoisotopic (exact) mass is 452 g/mol. The molecular formula is C22H19F3O7. The van der Waals surface area contributed by atoms with Gasteiger partial charge in [0.25, 0.3) is 0 Å². The van der Waals surface area contributed by atoms with Crippen molar-refractivity contribution in [1.29, 1.82) is 0 Å². The molecule has 1 aliphatic heterocycles. The molecule has 10 heteroatoms. The first-order valence-electron chi connectivity index (χ1n) is 9.54. The largest absolute Gasteiger partial charge is 0.459 e. The Morgan fingerprint density at radius 3 is 1.91 bits per heavy atom. The SMILES string of the molecule is CC(=O)O[C@@H]1O[C@H](COC(=O)c2ccccc2)[C@@H](OC(=O)c2ccccc2)[C@H]1C(F)(F)F. The molecule has 0 bridgehead atoms. The Hall–Kier alpha value is -3.40. The molecule has 0 radical (unpaired) electrons. The van der Waals surface area contributed by atoms with Crippen LogP contribution in [0.2, 0.25) is 0 Å². The Balaban J connectivity index is 1.83. The molecule has 7 nitrogen and oxygen atoms in total. The third-order valence-electron chi connectivity index (χ3n) is 4.62. The maximum absolute atomic E-state index is 13.8. The highest BCUT2D eigenvalue weighted by molar-refractivity contribution is 5.90. The van der Waals surface area contributed by atoms with E-state index in [1.807, 2.05) is 0 Å². The summed E-state index contributed by atoms with van der Waals surface area (Å²) >= 11 is 0. The number of alkyl halides is 3. The van der Waals surface area contributed by atoms with Crippen LogP contribution in [0.5, 0.6) is 0 Å². The van der Waals surface area contributed by atoms with Crippen LogP contribution in [-0.2, 0) is 23.7 Å². The standard InChI is InChI=1S/C22H19F3O7/c1-13(26)30-21-17(22(23,24)25)18(32-20(28)15-10-6-3-7-11-15)16(31-21)12-29-19(27)14-8-4-2-5-9-14/h2-11,16-18,21H,12H2,1H3/t16-,17-,18-,21-/m1/s1. The normalized spacial score (nSPS) is 22.8. The third-order valence-corrected chi connectivity index (χ3v) is 4.62. The van der Waals surface area contributed by atoms with E-state index in [0.717, 1.165) is 6.92 Å². The molecular weight excluding hydrogens is 433 g/mol. The maximum atomic E-state index is 13.8. The highest BCUT2D eigenvalue weighted by Gasteiger charge is 2.61. The van der Waals surface area contributed by atoms with Crippen LogP contribution in [0, 0.1) is 5.92 Å². The van der Waals surface area contributed by atoms with Crippen molar-refractivity contribution in [2.75, 3.05) is 6.61 Å². The summed E-state index contributed by atoms with van der Waals surface area (Å²) in [5.74, 6) is -5.32. The molecule has 3 rings (SSSR count). The zero-order valence-corrected chi connectivity index (χ0v) is 16.8. The second-order valence-corrected chi connectivity index (χ2v) is 6.92. The van der Waals surface area contributed by atoms with E-state index >= 15 is 0 Å². The van der Waals surface area contributed by atoms with Crippen LogP contribution in [0.1, 0.15) is 27.6 Å². The van der Waals surface area contributed by atoms with Gasteiger partial charge in [0.15, 0.2) is 5.92 Å². The lowest BCUT2D eigenvalue weighted by Crippen LogP contribution is -2.43. The Kier molecular flexibility index (Phi) is 7.14. The average molecular weight is 452 g/mol. The van der Waals surface area contributed by atoms with Crippen LogP contribution < -0.4 is 0 Å². The fourth-order valence-corrected chi connectivity index (χ4v) is 3.19. The smallest absolute Gasteiger partial charge is 0.401 e. The number of carbonyl (C=O) groups is 3. The molecule has 0 N–H and O–H groups in total. The van der Waals surface area contributed by atoms with Crippen molar-refractivity contribution in [2.24, 2.45) is 5.92 Å². The molecule has 170 valence electrons. The zero-order chi connectivity index (χ0) is 23.3. The second-order valence-electron chi connectivity index (χ2n) is 6.92. The van der Waals surface area contributed by atoms with E-state index in [4.69, 9.17) is 14.2 Å². The number of rotatable bonds is 6. The number of esters is 3. The maximum Gasteiger partial charge on any atom is 0.401 e. The number of ether oxygens (including phenoxy) is 4. The Bertz CT molecular complexity index is 947. The number of carbonyl (C=O) groups excluding carboxylic acids is 3. The van der Waals surface area contributed by atoms with Crippen molar-refractivity contribution in [2.45, 2.75) is 31.6 Å². The van der Waals surface area contributed by atoms with Gasteiger partial charge in [-0.05, 0) is 24.3 Å². The third kappa shape index (κ3) is 5.64. The van der Waals surface area contributed by atoms with Crippen molar-refractivity contribution in [3.8, 4) is 0 Å². The first-order valence-corrected chi connectivity index (χ1v) is 9.54. The first kappa shape index (κ1) is 23.3. The molecule has 0 aromatic heterocycles. The van der Waals surface area contributed by atoms with Crippen LogP contribution in [-0.4, -0.2) is 49.2 Å². The minimum absolute atomic E-state index is 0.0180. The summed E-state index contributed by atoms with van der Waals surface area (Å²) in [6.07, 6.45) is -10.5. The highest BCUT2D eigenvalue weighted by atomic mass is 19.4. The van der Waals surface area contributed by atoms with Gasteiger partial charge in [-0.3, -0.25) is 4.79 Å². The van der Waals surface area contributed by atoms with Crippen LogP contribution in [0.3, 0.4) is 0 Å². The Labute approximate surface area is 181 Å². The summed E-state index contributed by atoms with van der Waals surface area (Å²) in [5.41, 5.74) is 0.191. The van der Waals surface area contributed by atoms with Crippen molar-refractivity contribution < 1.29 is 46.5 Å². The van der Waals surface area contributed by atoms with E-state index in [0.29, 0.717) is 0 Å². The molecule has 0 amide bonds. The predicted octanol–water partition coefficient (Wildman–Crippen LogP) is 3.54. The van der Waals surface area contributed by atoms with Gasteiger partial charge in [-0.2, -0.15) is 13.2 Å². The lowest BCUT2D eigenvalue weighted by molar-refractivity contribution is -0.241. The van der Waals surface area contributed by atoms with E-state index in [-0.39, 0.29) is 11.1 Å². The summed E-state index contributed by atoms with van der Waals surface area (Å²) in [6, 6.07) is 15.2. The molecule has 0 saturated carbocycles. The van der Waals surface area contributed by atoms with E-state index in [1.54, 1.807) is 24.3 Å². The van der Waals surface area contributed by atoms with Gasteiger partial charge in [-0.15, -0.1) is 0 Å². The van der Waals surface area contributed by atoms with Gasteiger partial charge in [-0.1, -0.05) is 36.4 Å². The average Bonchev–Trinajstić information content (AvgIpc) is 3.09. The summed E-state index contributed by atoms with van der Waals surface area (Å²) < 4.78 is 61.6. The molecule has 1 saturated heterocycles. The van der Waals surface area contributed by atoms with E-state index < -0.39 is 55.1 Å². The van der Waals surface area contributed by atoms with Gasteiger partial charge in [0.2, 0.25) is 6.29 Å². The Morgan fingerprint density at radius 2 is 1.41 bits per heavy atom. The molecule has 1 fully saturated rings. The van der Waals surface area contributed by atoms with Crippen molar-refractivity contribution in [1.82, 2.24) is 0 Å². The van der Waals surface area contributed by atoms with Gasteiger partial charge >= 0.3 is 24.1 Å². The molecule has 0 spiro atoms. The molecule has 2 aromatic carbocycles. The van der Waals surface area contributed by atoms with Gasteiger partial charge < -0.3 is 18.9 Å². The van der Waals surface area contributed by atoms with Gasteiger partial charge in [0, 0.05) is 6.92 Å². The highest BCUT2D eigenvalue weighted by Crippen LogP contribution is 2.42. The molecule has 2 aromatic rings. The molecule has 0 aliphatic carbocycles. The summed E-state index contributed by atoms with van der Waals surface area (Å²) in [5, 5.41) is 0. The molecule has 4 atom stereocenters. The van der Waals surface area contributed by atoms with Crippen LogP contribution >= 0.6 is 0 Å². The van der Waals surface area contributed by atoms with Crippen molar-refractivity contribution in [3.63, 3.8) is 0 Å². The van der Waals surface area contributed by atoms with Gasteiger partial charge in [-0.25, -0.2) is 9.59 Å². The van der Waals surface area contributed by atoms with Crippen LogP contribution in [0.15, 0.2) is 60.7 Å². The van der Waals surface area contributed by atoms with Crippen molar-refractivity contribution >= 4 is 17.9 Å². The number of benzene rings is 2. The number of halogens is 3. The summed E-state index contributed by atoms with van der Waals surface area (Å²) in [4.78, 5) is 36.0. The van der Waals surface area contributed by atoms with E-state index in [2.05, 4.69) is 4.74 Å². The summed E-state index contributed by atoms with van der Waals surface area (Å²) in [6.45, 7) is 0.259. The fraction of sp³-hybridized carbons (Fsp3) is 0.318. The fourth-order valence-electron chi connectivity index (χ4n) is 3.19. The number of hydrogen-bond donors (Lipinski definition) is 0. The van der Waals surface area contributed by atoms with Crippen LogP contribution in [0.25, 0.3) is 0 Å². The van der Waals surface area contributed by atoms with E-state index in [1.165, 1.54) is 36.4 Å².